The highest BCUT2D eigenvalue weighted by atomic mass is 16.5. The summed E-state index contributed by atoms with van der Waals surface area (Å²) in [5, 5.41) is 0. The molecule has 1 aliphatic rings. The van der Waals surface area contributed by atoms with Crippen LogP contribution in [0.4, 0.5) is 0 Å². The van der Waals surface area contributed by atoms with Gasteiger partial charge in [-0.25, -0.2) is 0 Å². The quantitative estimate of drug-likeness (QED) is 0.809. The second kappa shape index (κ2) is 6.80. The normalized spacial score (nSPS) is 20.3. The first kappa shape index (κ1) is 14.2. The zero-order valence-corrected chi connectivity index (χ0v) is 12.3. The predicted molar refractivity (Wildman–Crippen MR) is 78.0 cm³/mol. The van der Waals surface area contributed by atoms with Crippen molar-refractivity contribution < 1.29 is 9.47 Å². The van der Waals surface area contributed by atoms with E-state index in [0.29, 0.717) is 19.3 Å². The standard InChI is InChI=1S/C16H25NO2/c1-4-18-15-10-9-13(12-16(15)19-5-2)14-8-6-7-11-17(14)3/h9-10,12,14H,4-8,11H2,1-3H3. The van der Waals surface area contributed by atoms with E-state index in [0.717, 1.165) is 11.5 Å². The summed E-state index contributed by atoms with van der Waals surface area (Å²) in [6.07, 6.45) is 3.85. The van der Waals surface area contributed by atoms with Crippen molar-refractivity contribution in [2.24, 2.45) is 0 Å². The molecule has 0 aromatic heterocycles. The van der Waals surface area contributed by atoms with Gasteiger partial charge in [0.05, 0.1) is 13.2 Å². The molecule has 1 aromatic rings. The van der Waals surface area contributed by atoms with E-state index in [1.165, 1.54) is 31.4 Å². The van der Waals surface area contributed by atoms with Gasteiger partial charge in [0.2, 0.25) is 0 Å². The molecule has 19 heavy (non-hydrogen) atoms. The molecule has 1 saturated heterocycles. The molecule has 3 nitrogen and oxygen atoms in total. The van der Waals surface area contributed by atoms with E-state index >= 15 is 0 Å². The van der Waals surface area contributed by atoms with E-state index in [1.54, 1.807) is 0 Å². The molecular weight excluding hydrogens is 238 g/mol. The summed E-state index contributed by atoms with van der Waals surface area (Å²) < 4.78 is 11.3. The average molecular weight is 263 g/mol. The van der Waals surface area contributed by atoms with Crippen LogP contribution in [0.25, 0.3) is 0 Å². The molecule has 3 heteroatoms. The zero-order chi connectivity index (χ0) is 13.7. The van der Waals surface area contributed by atoms with Crippen molar-refractivity contribution in [3.05, 3.63) is 23.8 Å². The van der Waals surface area contributed by atoms with Crippen LogP contribution in [-0.2, 0) is 0 Å². The summed E-state index contributed by atoms with van der Waals surface area (Å²) in [7, 11) is 2.21. The molecule has 1 aliphatic heterocycles. The minimum absolute atomic E-state index is 0.517. The Morgan fingerprint density at radius 3 is 2.53 bits per heavy atom. The van der Waals surface area contributed by atoms with Gasteiger partial charge in [0.15, 0.2) is 11.5 Å². The molecule has 0 N–H and O–H groups in total. The van der Waals surface area contributed by atoms with Crippen LogP contribution in [0.2, 0.25) is 0 Å². The van der Waals surface area contributed by atoms with E-state index in [4.69, 9.17) is 9.47 Å². The number of rotatable bonds is 5. The van der Waals surface area contributed by atoms with Gasteiger partial charge in [-0.3, -0.25) is 4.90 Å². The van der Waals surface area contributed by atoms with E-state index in [1.807, 2.05) is 19.9 Å². The molecule has 0 bridgehead atoms. The third kappa shape index (κ3) is 3.41. The first-order chi connectivity index (χ1) is 9.26. The van der Waals surface area contributed by atoms with Gasteiger partial charge in [-0.15, -0.1) is 0 Å². The summed E-state index contributed by atoms with van der Waals surface area (Å²) in [6, 6.07) is 6.90. The number of piperidine rings is 1. The second-order valence-corrected chi connectivity index (χ2v) is 5.06. The summed E-state index contributed by atoms with van der Waals surface area (Å²) in [4.78, 5) is 2.44. The Kier molecular flexibility index (Phi) is 5.08. The Hall–Kier alpha value is -1.22. The lowest BCUT2D eigenvalue weighted by molar-refractivity contribution is 0.186. The minimum atomic E-state index is 0.517. The second-order valence-electron chi connectivity index (χ2n) is 5.06. The highest BCUT2D eigenvalue weighted by Gasteiger charge is 2.21. The van der Waals surface area contributed by atoms with Crippen LogP contribution in [0.3, 0.4) is 0 Å². The lowest BCUT2D eigenvalue weighted by Crippen LogP contribution is -2.29. The molecule has 1 unspecified atom stereocenters. The number of hydrogen-bond donors (Lipinski definition) is 0. The highest BCUT2D eigenvalue weighted by Crippen LogP contribution is 2.35. The van der Waals surface area contributed by atoms with Crippen molar-refractivity contribution in [1.29, 1.82) is 0 Å². The van der Waals surface area contributed by atoms with Gasteiger partial charge in [-0.05, 0) is 58.0 Å². The molecule has 106 valence electrons. The van der Waals surface area contributed by atoms with Crippen molar-refractivity contribution in [3.63, 3.8) is 0 Å². The maximum atomic E-state index is 5.71. The van der Waals surface area contributed by atoms with Crippen LogP contribution in [0.5, 0.6) is 11.5 Å². The van der Waals surface area contributed by atoms with Gasteiger partial charge >= 0.3 is 0 Å². The van der Waals surface area contributed by atoms with Gasteiger partial charge in [0.25, 0.3) is 0 Å². The van der Waals surface area contributed by atoms with Gasteiger partial charge in [-0.2, -0.15) is 0 Å². The van der Waals surface area contributed by atoms with Crippen molar-refractivity contribution in [3.8, 4) is 11.5 Å². The number of likely N-dealkylation sites (tertiary alicyclic amines) is 1. The number of nitrogens with zero attached hydrogens (tertiary/aromatic N) is 1. The van der Waals surface area contributed by atoms with Crippen molar-refractivity contribution >= 4 is 0 Å². The molecule has 0 aliphatic carbocycles. The van der Waals surface area contributed by atoms with Crippen molar-refractivity contribution in [1.82, 2.24) is 4.90 Å². The maximum Gasteiger partial charge on any atom is 0.161 e. The van der Waals surface area contributed by atoms with Crippen LogP contribution in [-0.4, -0.2) is 31.7 Å². The van der Waals surface area contributed by atoms with Crippen LogP contribution in [0.15, 0.2) is 18.2 Å². The van der Waals surface area contributed by atoms with E-state index in [-0.39, 0.29) is 0 Å². The predicted octanol–water partition coefficient (Wildman–Crippen LogP) is 3.64. The van der Waals surface area contributed by atoms with Gasteiger partial charge < -0.3 is 9.47 Å². The Labute approximate surface area is 116 Å². The summed E-state index contributed by atoms with van der Waals surface area (Å²) >= 11 is 0. The summed E-state index contributed by atoms with van der Waals surface area (Å²) in [5.74, 6) is 1.73. The van der Waals surface area contributed by atoms with Crippen LogP contribution in [0, 0.1) is 0 Å². The third-order valence-electron chi connectivity index (χ3n) is 3.72. The van der Waals surface area contributed by atoms with Gasteiger partial charge in [0, 0.05) is 6.04 Å². The molecule has 0 spiro atoms. The largest absolute Gasteiger partial charge is 0.490 e. The van der Waals surface area contributed by atoms with E-state index < -0.39 is 0 Å². The lowest BCUT2D eigenvalue weighted by Gasteiger charge is -2.33. The molecule has 2 rings (SSSR count). The van der Waals surface area contributed by atoms with Gasteiger partial charge in [-0.1, -0.05) is 12.5 Å². The average Bonchev–Trinajstić information content (AvgIpc) is 2.42. The molecule has 1 fully saturated rings. The monoisotopic (exact) mass is 263 g/mol. The minimum Gasteiger partial charge on any atom is -0.490 e. The molecular formula is C16H25NO2. The molecule has 1 aromatic carbocycles. The lowest BCUT2D eigenvalue weighted by atomic mass is 9.95. The Morgan fingerprint density at radius 1 is 1.11 bits per heavy atom. The fourth-order valence-corrected chi connectivity index (χ4v) is 2.77. The maximum absolute atomic E-state index is 5.71. The third-order valence-corrected chi connectivity index (χ3v) is 3.72. The van der Waals surface area contributed by atoms with E-state index in [2.05, 4.69) is 24.1 Å². The number of ether oxygens (including phenoxy) is 2. The first-order valence-electron chi connectivity index (χ1n) is 7.36. The molecule has 1 atom stereocenters. The van der Waals surface area contributed by atoms with Crippen LogP contribution in [0.1, 0.15) is 44.7 Å². The SMILES string of the molecule is CCOc1ccc(C2CCCCN2C)cc1OCC. The fraction of sp³-hybridized carbons (Fsp3) is 0.625. The first-order valence-corrected chi connectivity index (χ1v) is 7.36. The van der Waals surface area contributed by atoms with Gasteiger partial charge in [0.1, 0.15) is 0 Å². The Balaban J connectivity index is 2.23. The van der Waals surface area contributed by atoms with Crippen LogP contribution < -0.4 is 9.47 Å². The van der Waals surface area contributed by atoms with E-state index in [9.17, 15) is 0 Å². The number of benzene rings is 1. The van der Waals surface area contributed by atoms with Crippen LogP contribution >= 0.6 is 0 Å². The summed E-state index contributed by atoms with van der Waals surface area (Å²) in [5.41, 5.74) is 1.34. The smallest absolute Gasteiger partial charge is 0.161 e. The zero-order valence-electron chi connectivity index (χ0n) is 12.3. The highest BCUT2D eigenvalue weighted by molar-refractivity contribution is 5.44. The summed E-state index contributed by atoms with van der Waals surface area (Å²) in [6.45, 7) is 6.53. The van der Waals surface area contributed by atoms with Crippen molar-refractivity contribution in [2.75, 3.05) is 26.8 Å². The molecule has 0 saturated carbocycles. The molecule has 0 radical (unpaired) electrons. The Morgan fingerprint density at radius 2 is 1.84 bits per heavy atom. The van der Waals surface area contributed by atoms with Crippen molar-refractivity contribution in [2.45, 2.75) is 39.2 Å². The topological polar surface area (TPSA) is 21.7 Å². The number of hydrogen-bond acceptors (Lipinski definition) is 3. The fourth-order valence-electron chi connectivity index (χ4n) is 2.77. The molecule has 0 amide bonds. The molecule has 1 heterocycles. The Bertz CT molecular complexity index is 406.